The predicted molar refractivity (Wildman–Crippen MR) is 85.7 cm³/mol. The van der Waals surface area contributed by atoms with Crippen LogP contribution in [-0.4, -0.2) is 66.2 Å². The third-order valence-electron chi connectivity index (χ3n) is 2.89. The standard InChI is InChI=1S/C16H24O11/c1-8(17)23-7-6-13(24-9(2)18)14(25-10(3)19)15(26-11(4)20)16(22)27-12(5)21/h13-16,22H,6-7H2,1-5H3/t13-,14?,15-,16-/m1/s1. The topological polar surface area (TPSA) is 152 Å². The van der Waals surface area contributed by atoms with E-state index in [1.807, 2.05) is 0 Å². The first-order chi connectivity index (χ1) is 12.4. The van der Waals surface area contributed by atoms with Gasteiger partial charge in [-0.3, -0.25) is 24.0 Å². The summed E-state index contributed by atoms with van der Waals surface area (Å²) >= 11 is 0. The zero-order chi connectivity index (χ0) is 21.1. The van der Waals surface area contributed by atoms with Crippen molar-refractivity contribution in [1.29, 1.82) is 0 Å². The van der Waals surface area contributed by atoms with Gasteiger partial charge in [0.25, 0.3) is 0 Å². The van der Waals surface area contributed by atoms with Gasteiger partial charge in [-0.05, 0) is 0 Å². The molecule has 0 aliphatic heterocycles. The molecule has 11 nitrogen and oxygen atoms in total. The molecule has 0 aliphatic carbocycles. The second kappa shape index (κ2) is 11.8. The lowest BCUT2D eigenvalue weighted by molar-refractivity contribution is -0.227. The third kappa shape index (κ3) is 10.8. The van der Waals surface area contributed by atoms with Crippen LogP contribution in [-0.2, 0) is 47.7 Å². The molecule has 0 fully saturated rings. The Morgan fingerprint density at radius 2 is 1.11 bits per heavy atom. The van der Waals surface area contributed by atoms with E-state index in [0.29, 0.717) is 0 Å². The Labute approximate surface area is 155 Å². The molecule has 0 rings (SSSR count). The maximum absolute atomic E-state index is 11.5. The van der Waals surface area contributed by atoms with Crippen LogP contribution < -0.4 is 0 Å². The highest BCUT2D eigenvalue weighted by Crippen LogP contribution is 2.20. The summed E-state index contributed by atoms with van der Waals surface area (Å²) in [6, 6.07) is 0. The summed E-state index contributed by atoms with van der Waals surface area (Å²) in [5.41, 5.74) is 0. The number of ether oxygens (including phenoxy) is 5. The molecule has 154 valence electrons. The molecule has 0 saturated carbocycles. The number of carbonyl (C=O) groups is 5. The van der Waals surface area contributed by atoms with Crippen LogP contribution in [0.2, 0.25) is 0 Å². The molecular weight excluding hydrogens is 368 g/mol. The number of aliphatic hydroxyl groups is 1. The zero-order valence-corrected chi connectivity index (χ0v) is 15.8. The lowest BCUT2D eigenvalue weighted by atomic mass is 10.0. The maximum atomic E-state index is 11.5. The van der Waals surface area contributed by atoms with Gasteiger partial charge in [-0.2, -0.15) is 0 Å². The molecule has 0 bridgehead atoms. The number of aliphatic hydroxyl groups excluding tert-OH is 1. The summed E-state index contributed by atoms with van der Waals surface area (Å²) in [5.74, 6) is -4.01. The van der Waals surface area contributed by atoms with E-state index in [1.54, 1.807) is 0 Å². The van der Waals surface area contributed by atoms with E-state index in [4.69, 9.17) is 18.9 Å². The fourth-order valence-corrected chi connectivity index (χ4v) is 2.08. The van der Waals surface area contributed by atoms with Crippen LogP contribution in [0.25, 0.3) is 0 Å². The van der Waals surface area contributed by atoms with Crippen LogP contribution in [0.1, 0.15) is 41.0 Å². The Bertz CT molecular complexity index is 557. The van der Waals surface area contributed by atoms with E-state index < -0.39 is 54.4 Å². The molecule has 0 amide bonds. The lowest BCUT2D eigenvalue weighted by Gasteiger charge is -2.33. The average molecular weight is 392 g/mol. The van der Waals surface area contributed by atoms with Crippen molar-refractivity contribution in [3.63, 3.8) is 0 Å². The quantitative estimate of drug-likeness (QED) is 0.294. The predicted octanol–water partition coefficient (Wildman–Crippen LogP) is -0.384. The number of rotatable bonds is 10. The Morgan fingerprint density at radius 1 is 0.667 bits per heavy atom. The van der Waals surface area contributed by atoms with Gasteiger partial charge in [0, 0.05) is 41.0 Å². The number of hydrogen-bond acceptors (Lipinski definition) is 11. The highest BCUT2D eigenvalue weighted by molar-refractivity contribution is 5.69. The minimum absolute atomic E-state index is 0.151. The van der Waals surface area contributed by atoms with Crippen LogP contribution in [0.15, 0.2) is 0 Å². The normalized spacial score (nSPS) is 14.7. The minimum atomic E-state index is -2.01. The van der Waals surface area contributed by atoms with E-state index in [0.717, 1.165) is 34.6 Å². The minimum Gasteiger partial charge on any atom is -0.466 e. The first kappa shape index (κ1) is 24.3. The van der Waals surface area contributed by atoms with E-state index in [-0.39, 0.29) is 13.0 Å². The lowest BCUT2D eigenvalue weighted by Crippen LogP contribution is -2.51. The van der Waals surface area contributed by atoms with Crippen LogP contribution >= 0.6 is 0 Å². The highest BCUT2D eigenvalue weighted by Gasteiger charge is 2.42. The van der Waals surface area contributed by atoms with Crippen molar-refractivity contribution >= 4 is 29.8 Å². The van der Waals surface area contributed by atoms with Crippen molar-refractivity contribution in [3.8, 4) is 0 Å². The maximum Gasteiger partial charge on any atom is 0.305 e. The second-order valence-corrected chi connectivity index (χ2v) is 5.42. The molecule has 0 spiro atoms. The second-order valence-electron chi connectivity index (χ2n) is 5.42. The van der Waals surface area contributed by atoms with Gasteiger partial charge in [0.1, 0.15) is 6.10 Å². The smallest absolute Gasteiger partial charge is 0.305 e. The molecule has 0 aromatic carbocycles. The molecule has 11 heteroatoms. The Balaban J connectivity index is 5.74. The van der Waals surface area contributed by atoms with Gasteiger partial charge in [0.2, 0.25) is 12.4 Å². The van der Waals surface area contributed by atoms with Crippen molar-refractivity contribution < 1.29 is 52.8 Å². The van der Waals surface area contributed by atoms with Crippen LogP contribution in [0.4, 0.5) is 0 Å². The molecule has 27 heavy (non-hydrogen) atoms. The Kier molecular flexibility index (Phi) is 10.7. The van der Waals surface area contributed by atoms with Gasteiger partial charge >= 0.3 is 29.8 Å². The number of carbonyl (C=O) groups excluding carboxylic acids is 5. The van der Waals surface area contributed by atoms with Crippen LogP contribution in [0.3, 0.4) is 0 Å². The van der Waals surface area contributed by atoms with Gasteiger partial charge in [0.05, 0.1) is 6.61 Å². The van der Waals surface area contributed by atoms with Gasteiger partial charge in [-0.1, -0.05) is 0 Å². The van der Waals surface area contributed by atoms with Gasteiger partial charge in [-0.25, -0.2) is 0 Å². The van der Waals surface area contributed by atoms with Gasteiger partial charge < -0.3 is 28.8 Å². The summed E-state index contributed by atoms with van der Waals surface area (Å²) in [6.45, 7) is 5.06. The third-order valence-corrected chi connectivity index (χ3v) is 2.89. The van der Waals surface area contributed by atoms with E-state index in [9.17, 15) is 29.1 Å². The van der Waals surface area contributed by atoms with E-state index in [2.05, 4.69) is 4.74 Å². The molecule has 0 radical (unpaired) electrons. The molecule has 1 unspecified atom stereocenters. The zero-order valence-electron chi connectivity index (χ0n) is 15.8. The van der Waals surface area contributed by atoms with Crippen LogP contribution in [0.5, 0.6) is 0 Å². The van der Waals surface area contributed by atoms with Crippen molar-refractivity contribution in [1.82, 2.24) is 0 Å². The highest BCUT2D eigenvalue weighted by atomic mass is 16.7. The first-order valence-corrected chi connectivity index (χ1v) is 7.94. The van der Waals surface area contributed by atoms with Gasteiger partial charge in [-0.15, -0.1) is 0 Å². The summed E-state index contributed by atoms with van der Waals surface area (Å²) in [6.07, 6.45) is -6.68. The Hall–Kier alpha value is -2.69. The van der Waals surface area contributed by atoms with Crippen molar-refractivity contribution in [2.24, 2.45) is 0 Å². The van der Waals surface area contributed by atoms with Gasteiger partial charge in [0.15, 0.2) is 6.10 Å². The fourth-order valence-electron chi connectivity index (χ4n) is 2.08. The monoisotopic (exact) mass is 392 g/mol. The molecule has 0 saturated heterocycles. The summed E-state index contributed by atoms with van der Waals surface area (Å²) in [4.78, 5) is 56.3. The molecule has 0 aromatic rings. The number of hydrogen-bond donors (Lipinski definition) is 1. The molecule has 0 heterocycles. The molecule has 4 atom stereocenters. The number of esters is 5. The van der Waals surface area contributed by atoms with Crippen LogP contribution in [0, 0.1) is 0 Å². The molecule has 0 aliphatic rings. The fraction of sp³-hybridized carbons (Fsp3) is 0.688. The Morgan fingerprint density at radius 3 is 1.52 bits per heavy atom. The van der Waals surface area contributed by atoms with Crippen molar-refractivity contribution in [3.05, 3.63) is 0 Å². The summed E-state index contributed by atoms with van der Waals surface area (Å²) in [7, 11) is 0. The molecule has 1 N–H and O–H groups in total. The van der Waals surface area contributed by atoms with Crippen molar-refractivity contribution in [2.75, 3.05) is 6.61 Å². The van der Waals surface area contributed by atoms with E-state index in [1.165, 1.54) is 0 Å². The summed E-state index contributed by atoms with van der Waals surface area (Å²) < 4.78 is 24.4. The molecular formula is C16H24O11. The summed E-state index contributed by atoms with van der Waals surface area (Å²) in [5, 5.41) is 10.1. The first-order valence-electron chi connectivity index (χ1n) is 7.94. The SMILES string of the molecule is CC(=O)OCC[C@@H](OC(C)=O)C(OC(C)=O)[C@@H](OC(C)=O)[C@H](O)OC(C)=O. The van der Waals surface area contributed by atoms with E-state index >= 15 is 0 Å². The average Bonchev–Trinajstić information content (AvgIpc) is 2.47. The molecule has 0 aromatic heterocycles. The largest absolute Gasteiger partial charge is 0.466 e. The van der Waals surface area contributed by atoms with Crippen molar-refractivity contribution in [2.45, 2.75) is 65.6 Å².